The van der Waals surface area contributed by atoms with Crippen LogP contribution in [-0.2, 0) is 16.1 Å². The lowest BCUT2D eigenvalue weighted by molar-refractivity contribution is -0.140. The smallest absolute Gasteiger partial charge is 0.305 e. The number of benzene rings is 1. The van der Waals surface area contributed by atoms with Crippen LogP contribution in [0.15, 0.2) is 24.3 Å². The molecule has 0 unspecified atom stereocenters. The summed E-state index contributed by atoms with van der Waals surface area (Å²) in [4.78, 5) is 10.8. The second-order valence-electron chi connectivity index (χ2n) is 3.49. The predicted octanol–water partition coefficient (Wildman–Crippen LogP) is 1.87. The van der Waals surface area contributed by atoms with E-state index >= 15 is 0 Å². The summed E-state index contributed by atoms with van der Waals surface area (Å²) in [5, 5.41) is 3.13. The van der Waals surface area contributed by atoms with Gasteiger partial charge < -0.3 is 10.1 Å². The largest absolute Gasteiger partial charge is 0.469 e. The van der Waals surface area contributed by atoms with Crippen molar-refractivity contribution in [3.63, 3.8) is 0 Å². The van der Waals surface area contributed by atoms with E-state index in [1.807, 2.05) is 6.07 Å². The van der Waals surface area contributed by atoms with Crippen LogP contribution in [0.25, 0.3) is 0 Å². The standard InChI is InChI=1S/C12H16FNO2/c1-16-12(15)6-3-7-14-9-10-4-2-5-11(13)8-10/h2,4-5,8,14H,3,6-7,9H2,1H3. The number of methoxy groups -OCH3 is 1. The predicted molar refractivity (Wildman–Crippen MR) is 59.4 cm³/mol. The van der Waals surface area contributed by atoms with E-state index in [9.17, 15) is 9.18 Å². The van der Waals surface area contributed by atoms with Crippen molar-refractivity contribution in [2.75, 3.05) is 13.7 Å². The Labute approximate surface area is 94.6 Å². The number of nitrogens with one attached hydrogen (secondary N) is 1. The van der Waals surface area contributed by atoms with Gasteiger partial charge in [-0.2, -0.15) is 0 Å². The third-order valence-corrected chi connectivity index (χ3v) is 2.18. The molecule has 88 valence electrons. The normalized spacial score (nSPS) is 10.1. The van der Waals surface area contributed by atoms with E-state index in [1.54, 1.807) is 6.07 Å². The summed E-state index contributed by atoms with van der Waals surface area (Å²) in [5.74, 6) is -0.429. The number of carbonyl (C=O) groups excluding carboxylic acids is 1. The Kier molecular flexibility index (Phi) is 5.50. The fraction of sp³-hybridized carbons (Fsp3) is 0.417. The van der Waals surface area contributed by atoms with E-state index in [2.05, 4.69) is 10.1 Å². The lowest BCUT2D eigenvalue weighted by Gasteiger charge is -2.04. The van der Waals surface area contributed by atoms with E-state index < -0.39 is 0 Å². The third kappa shape index (κ3) is 4.89. The molecule has 0 aliphatic carbocycles. The van der Waals surface area contributed by atoms with Crippen molar-refractivity contribution >= 4 is 5.97 Å². The highest BCUT2D eigenvalue weighted by Gasteiger charge is 1.99. The van der Waals surface area contributed by atoms with Gasteiger partial charge in [0.15, 0.2) is 0 Å². The molecule has 0 saturated carbocycles. The first kappa shape index (κ1) is 12.6. The van der Waals surface area contributed by atoms with Crippen LogP contribution in [0.4, 0.5) is 4.39 Å². The van der Waals surface area contributed by atoms with Crippen LogP contribution in [0.1, 0.15) is 18.4 Å². The number of esters is 1. The molecule has 4 heteroatoms. The monoisotopic (exact) mass is 225 g/mol. The molecule has 0 aliphatic heterocycles. The van der Waals surface area contributed by atoms with Gasteiger partial charge in [-0.1, -0.05) is 12.1 Å². The van der Waals surface area contributed by atoms with Crippen molar-refractivity contribution in [1.82, 2.24) is 5.32 Å². The van der Waals surface area contributed by atoms with Crippen LogP contribution in [0.5, 0.6) is 0 Å². The molecule has 0 heterocycles. The summed E-state index contributed by atoms with van der Waals surface area (Å²) < 4.78 is 17.3. The minimum atomic E-state index is -0.228. The van der Waals surface area contributed by atoms with Gasteiger partial charge in [0.05, 0.1) is 7.11 Å². The van der Waals surface area contributed by atoms with Gasteiger partial charge in [0.2, 0.25) is 0 Å². The SMILES string of the molecule is COC(=O)CCCNCc1cccc(F)c1. The average Bonchev–Trinajstić information content (AvgIpc) is 2.28. The molecule has 16 heavy (non-hydrogen) atoms. The second kappa shape index (κ2) is 6.95. The quantitative estimate of drug-likeness (QED) is 0.593. The van der Waals surface area contributed by atoms with Crippen molar-refractivity contribution in [1.29, 1.82) is 0 Å². The summed E-state index contributed by atoms with van der Waals surface area (Å²) in [6.45, 7) is 1.32. The molecule has 0 radical (unpaired) electrons. The maximum absolute atomic E-state index is 12.8. The fourth-order valence-corrected chi connectivity index (χ4v) is 1.34. The van der Waals surface area contributed by atoms with Gasteiger partial charge in [-0.3, -0.25) is 4.79 Å². The molecule has 3 nitrogen and oxygen atoms in total. The zero-order chi connectivity index (χ0) is 11.8. The molecule has 1 aromatic carbocycles. The van der Waals surface area contributed by atoms with Crippen LogP contribution in [0.2, 0.25) is 0 Å². The van der Waals surface area contributed by atoms with Crippen molar-refractivity contribution in [3.8, 4) is 0 Å². The van der Waals surface area contributed by atoms with Crippen molar-refractivity contribution in [2.45, 2.75) is 19.4 Å². The zero-order valence-electron chi connectivity index (χ0n) is 9.33. The lowest BCUT2D eigenvalue weighted by Crippen LogP contribution is -2.16. The number of hydrogen-bond donors (Lipinski definition) is 1. The van der Waals surface area contributed by atoms with Crippen LogP contribution in [0.3, 0.4) is 0 Å². The maximum atomic E-state index is 12.8. The summed E-state index contributed by atoms with van der Waals surface area (Å²) in [6, 6.07) is 6.45. The maximum Gasteiger partial charge on any atom is 0.305 e. The molecule has 0 atom stereocenters. The van der Waals surface area contributed by atoms with Crippen LogP contribution in [-0.4, -0.2) is 19.6 Å². The molecule has 1 N–H and O–H groups in total. The Hall–Kier alpha value is -1.42. The minimum Gasteiger partial charge on any atom is -0.469 e. The zero-order valence-corrected chi connectivity index (χ0v) is 9.33. The molecule has 0 saturated heterocycles. The average molecular weight is 225 g/mol. The molecule has 1 rings (SSSR count). The van der Waals surface area contributed by atoms with Crippen LogP contribution >= 0.6 is 0 Å². The number of rotatable bonds is 6. The molecule has 0 spiro atoms. The van der Waals surface area contributed by atoms with Crippen molar-refractivity contribution < 1.29 is 13.9 Å². The summed E-state index contributed by atoms with van der Waals surface area (Å²) >= 11 is 0. The van der Waals surface area contributed by atoms with Gasteiger partial charge in [0.25, 0.3) is 0 Å². The molecule has 0 bridgehead atoms. The number of halogens is 1. The first-order valence-corrected chi connectivity index (χ1v) is 5.24. The summed E-state index contributed by atoms with van der Waals surface area (Å²) in [7, 11) is 1.38. The van der Waals surface area contributed by atoms with Gasteiger partial charge in [0.1, 0.15) is 5.82 Å². The first-order valence-electron chi connectivity index (χ1n) is 5.24. The second-order valence-corrected chi connectivity index (χ2v) is 3.49. The lowest BCUT2D eigenvalue weighted by atomic mass is 10.2. The summed E-state index contributed by atoms with van der Waals surface area (Å²) in [6.07, 6.45) is 1.13. The summed E-state index contributed by atoms with van der Waals surface area (Å²) in [5.41, 5.74) is 0.901. The Balaban J connectivity index is 2.14. The molecular weight excluding hydrogens is 209 g/mol. The Morgan fingerprint density at radius 1 is 1.50 bits per heavy atom. The van der Waals surface area contributed by atoms with Gasteiger partial charge in [-0.15, -0.1) is 0 Å². The first-order chi connectivity index (χ1) is 7.72. The van der Waals surface area contributed by atoms with Crippen molar-refractivity contribution in [2.24, 2.45) is 0 Å². The van der Waals surface area contributed by atoms with Crippen LogP contribution < -0.4 is 5.32 Å². The number of ether oxygens (including phenoxy) is 1. The highest BCUT2D eigenvalue weighted by atomic mass is 19.1. The van der Waals surface area contributed by atoms with Gasteiger partial charge in [-0.05, 0) is 30.7 Å². The molecular formula is C12H16FNO2. The molecule has 0 fully saturated rings. The number of hydrogen-bond acceptors (Lipinski definition) is 3. The number of carbonyl (C=O) groups is 1. The molecule has 0 aliphatic rings. The minimum absolute atomic E-state index is 0.201. The topological polar surface area (TPSA) is 38.3 Å². The Morgan fingerprint density at radius 2 is 2.31 bits per heavy atom. The van der Waals surface area contributed by atoms with E-state index in [1.165, 1.54) is 19.2 Å². The van der Waals surface area contributed by atoms with Gasteiger partial charge >= 0.3 is 5.97 Å². The van der Waals surface area contributed by atoms with Crippen molar-refractivity contribution in [3.05, 3.63) is 35.6 Å². The highest BCUT2D eigenvalue weighted by Crippen LogP contribution is 2.02. The van der Waals surface area contributed by atoms with E-state index in [0.29, 0.717) is 19.5 Å². The highest BCUT2D eigenvalue weighted by molar-refractivity contribution is 5.69. The van der Waals surface area contributed by atoms with E-state index in [-0.39, 0.29) is 11.8 Å². The van der Waals surface area contributed by atoms with Gasteiger partial charge in [-0.25, -0.2) is 4.39 Å². The molecule has 0 amide bonds. The molecule has 0 aromatic heterocycles. The van der Waals surface area contributed by atoms with E-state index in [4.69, 9.17) is 0 Å². The van der Waals surface area contributed by atoms with Crippen LogP contribution in [0, 0.1) is 5.82 Å². The molecule has 1 aromatic rings. The Bertz CT molecular complexity index is 342. The fourth-order valence-electron chi connectivity index (χ4n) is 1.34. The van der Waals surface area contributed by atoms with Gasteiger partial charge in [0, 0.05) is 13.0 Å². The third-order valence-electron chi connectivity index (χ3n) is 2.18. The Morgan fingerprint density at radius 3 is 3.00 bits per heavy atom. The van der Waals surface area contributed by atoms with E-state index in [0.717, 1.165) is 12.0 Å².